The molecule has 0 spiro atoms. The monoisotopic (exact) mass is 684 g/mol. The molecule has 2 aromatic heterocycles. The summed E-state index contributed by atoms with van der Waals surface area (Å²) >= 11 is 0. The second-order valence-electron chi connectivity index (χ2n) is 14.5. The van der Waals surface area contributed by atoms with Gasteiger partial charge in [-0.25, -0.2) is 0 Å². The number of fused-ring (bicyclic) bond motifs is 12. The Morgan fingerprint density at radius 3 is 1.67 bits per heavy atom. The van der Waals surface area contributed by atoms with Crippen molar-refractivity contribution in [1.82, 2.24) is 9.13 Å². The predicted octanol–water partition coefficient (Wildman–Crippen LogP) is 14.2. The minimum Gasteiger partial charge on any atom is -0.309 e. The number of benzene rings is 10. The molecule has 2 heterocycles. The Morgan fingerprint density at radius 1 is 0.259 bits per heavy atom. The van der Waals surface area contributed by atoms with E-state index >= 15 is 0 Å². The molecule has 0 fully saturated rings. The summed E-state index contributed by atoms with van der Waals surface area (Å²) in [6.45, 7) is 0. The smallest absolute Gasteiger partial charge is 0.0562 e. The number of hydrogen-bond donors (Lipinski definition) is 0. The molecule has 0 atom stereocenters. The first-order valence-corrected chi connectivity index (χ1v) is 18.7. The van der Waals surface area contributed by atoms with Gasteiger partial charge in [0.15, 0.2) is 0 Å². The van der Waals surface area contributed by atoms with E-state index in [1.54, 1.807) is 0 Å². The lowest BCUT2D eigenvalue weighted by atomic mass is 9.98. The van der Waals surface area contributed by atoms with E-state index in [0.29, 0.717) is 0 Å². The van der Waals surface area contributed by atoms with Gasteiger partial charge in [-0.05, 0) is 103 Å². The molecule has 12 aromatic rings. The summed E-state index contributed by atoms with van der Waals surface area (Å²) in [5.41, 5.74) is 9.60. The topological polar surface area (TPSA) is 9.86 Å². The standard InChI is InChI=1S/C52H32N2/c1-4-14-40-33(10-1)13-9-18-42(40)36-22-25-38(26-23-36)53-48-19-8-7-17-45(48)46-31-47-51(32-50(46)53)54(49-29-24-35-12-3-6-16-44(35)52(47)49)39-27-28-43-37(30-39)21-20-34-11-2-5-15-41(34)43/h1-32H. The first-order chi connectivity index (χ1) is 26.8. The summed E-state index contributed by atoms with van der Waals surface area (Å²) < 4.78 is 4.93. The first-order valence-electron chi connectivity index (χ1n) is 18.7. The fourth-order valence-corrected chi connectivity index (χ4v) is 9.21. The molecule has 0 aliphatic heterocycles. The second-order valence-corrected chi connectivity index (χ2v) is 14.5. The van der Waals surface area contributed by atoms with E-state index < -0.39 is 0 Å². The van der Waals surface area contributed by atoms with Crippen molar-refractivity contribution in [3.05, 3.63) is 194 Å². The van der Waals surface area contributed by atoms with Crippen molar-refractivity contribution >= 4 is 86.7 Å². The largest absolute Gasteiger partial charge is 0.309 e. The van der Waals surface area contributed by atoms with Crippen LogP contribution in [0.3, 0.4) is 0 Å². The highest BCUT2D eigenvalue weighted by Crippen LogP contribution is 2.42. The van der Waals surface area contributed by atoms with Crippen molar-refractivity contribution < 1.29 is 0 Å². The Bertz CT molecular complexity index is 3480. The molecular formula is C52H32N2. The van der Waals surface area contributed by atoms with E-state index in [4.69, 9.17) is 0 Å². The summed E-state index contributed by atoms with van der Waals surface area (Å²) in [5.74, 6) is 0. The lowest BCUT2D eigenvalue weighted by molar-refractivity contribution is 1.17. The van der Waals surface area contributed by atoms with Crippen molar-refractivity contribution in [2.75, 3.05) is 0 Å². The van der Waals surface area contributed by atoms with Crippen LogP contribution in [0.5, 0.6) is 0 Å². The molecule has 12 rings (SSSR count). The van der Waals surface area contributed by atoms with Gasteiger partial charge in [-0.1, -0.05) is 146 Å². The highest BCUT2D eigenvalue weighted by Gasteiger charge is 2.20. The van der Waals surface area contributed by atoms with Gasteiger partial charge in [0.2, 0.25) is 0 Å². The molecule has 10 aromatic carbocycles. The van der Waals surface area contributed by atoms with Crippen LogP contribution in [0.4, 0.5) is 0 Å². The number of nitrogens with zero attached hydrogens (tertiary/aromatic N) is 2. The van der Waals surface area contributed by atoms with E-state index in [0.717, 1.165) is 11.4 Å². The summed E-state index contributed by atoms with van der Waals surface area (Å²) in [6, 6.07) is 71.6. The van der Waals surface area contributed by atoms with Crippen LogP contribution >= 0.6 is 0 Å². The van der Waals surface area contributed by atoms with Gasteiger partial charge < -0.3 is 9.13 Å². The van der Waals surface area contributed by atoms with E-state index in [1.165, 1.54) is 97.8 Å². The number of hydrogen-bond acceptors (Lipinski definition) is 0. The minimum atomic E-state index is 1.15. The molecule has 250 valence electrons. The van der Waals surface area contributed by atoms with Gasteiger partial charge in [0.25, 0.3) is 0 Å². The quantitative estimate of drug-likeness (QED) is 0.164. The Balaban J connectivity index is 1.14. The van der Waals surface area contributed by atoms with Gasteiger partial charge in [-0.2, -0.15) is 0 Å². The number of rotatable bonds is 3. The zero-order valence-corrected chi connectivity index (χ0v) is 29.4. The van der Waals surface area contributed by atoms with Crippen molar-refractivity contribution in [2.45, 2.75) is 0 Å². The SMILES string of the molecule is c1ccc2c(-c3ccc(-n4c5ccccc5c5cc6c7c8ccccc8ccc7n(-c7ccc8c(ccc9ccccc98)c7)c6cc54)cc3)cccc2c1. The maximum Gasteiger partial charge on any atom is 0.0562 e. The lowest BCUT2D eigenvalue weighted by Gasteiger charge is -2.12. The van der Waals surface area contributed by atoms with E-state index in [2.05, 4.69) is 203 Å². The Morgan fingerprint density at radius 2 is 0.833 bits per heavy atom. The molecular weight excluding hydrogens is 653 g/mol. The van der Waals surface area contributed by atoms with Gasteiger partial charge in [0.1, 0.15) is 0 Å². The maximum atomic E-state index is 2.48. The van der Waals surface area contributed by atoms with Gasteiger partial charge in [0, 0.05) is 32.9 Å². The second kappa shape index (κ2) is 11.2. The van der Waals surface area contributed by atoms with Gasteiger partial charge in [-0.15, -0.1) is 0 Å². The molecule has 0 N–H and O–H groups in total. The Kier molecular flexibility index (Phi) is 6.09. The third-order valence-electron chi connectivity index (χ3n) is 11.7. The zero-order valence-electron chi connectivity index (χ0n) is 29.4. The molecule has 2 nitrogen and oxygen atoms in total. The van der Waals surface area contributed by atoms with Crippen molar-refractivity contribution in [3.63, 3.8) is 0 Å². The fraction of sp³-hybridized carbons (Fsp3) is 0. The van der Waals surface area contributed by atoms with Crippen LogP contribution < -0.4 is 0 Å². The molecule has 0 radical (unpaired) electrons. The third-order valence-corrected chi connectivity index (χ3v) is 11.7. The third kappa shape index (κ3) is 4.17. The Hall–Kier alpha value is -7.16. The molecule has 0 unspecified atom stereocenters. The molecule has 0 amide bonds. The molecule has 0 aliphatic rings. The van der Waals surface area contributed by atoms with Crippen LogP contribution in [0.2, 0.25) is 0 Å². The van der Waals surface area contributed by atoms with E-state index in [1.807, 2.05) is 0 Å². The summed E-state index contributed by atoms with van der Waals surface area (Å²) in [5, 5.41) is 15.2. The fourth-order valence-electron chi connectivity index (χ4n) is 9.21. The maximum absolute atomic E-state index is 2.48. The number of para-hydroxylation sites is 1. The lowest BCUT2D eigenvalue weighted by Crippen LogP contribution is -1.96. The highest BCUT2D eigenvalue weighted by atomic mass is 15.0. The van der Waals surface area contributed by atoms with Crippen LogP contribution in [0.15, 0.2) is 194 Å². The van der Waals surface area contributed by atoms with Crippen LogP contribution in [-0.2, 0) is 0 Å². The molecule has 2 heteroatoms. The van der Waals surface area contributed by atoms with E-state index in [9.17, 15) is 0 Å². The molecule has 0 aliphatic carbocycles. The predicted molar refractivity (Wildman–Crippen MR) is 231 cm³/mol. The van der Waals surface area contributed by atoms with Crippen molar-refractivity contribution in [1.29, 1.82) is 0 Å². The average molecular weight is 685 g/mol. The summed E-state index contributed by atoms with van der Waals surface area (Å²) in [7, 11) is 0. The molecule has 0 bridgehead atoms. The average Bonchev–Trinajstić information content (AvgIpc) is 3.74. The van der Waals surface area contributed by atoms with Crippen molar-refractivity contribution in [2.24, 2.45) is 0 Å². The molecule has 0 saturated carbocycles. The van der Waals surface area contributed by atoms with Gasteiger partial charge in [-0.3, -0.25) is 0 Å². The van der Waals surface area contributed by atoms with Crippen LogP contribution in [0.25, 0.3) is 109 Å². The van der Waals surface area contributed by atoms with Gasteiger partial charge >= 0.3 is 0 Å². The highest BCUT2D eigenvalue weighted by molar-refractivity contribution is 6.25. The summed E-state index contributed by atoms with van der Waals surface area (Å²) in [4.78, 5) is 0. The van der Waals surface area contributed by atoms with Crippen LogP contribution in [0.1, 0.15) is 0 Å². The van der Waals surface area contributed by atoms with Crippen LogP contribution in [-0.4, -0.2) is 9.13 Å². The molecule has 0 saturated heterocycles. The summed E-state index contributed by atoms with van der Waals surface area (Å²) in [6.07, 6.45) is 0. The van der Waals surface area contributed by atoms with Crippen LogP contribution in [0, 0.1) is 0 Å². The van der Waals surface area contributed by atoms with Gasteiger partial charge in [0.05, 0.1) is 22.1 Å². The minimum absolute atomic E-state index is 1.15. The van der Waals surface area contributed by atoms with E-state index in [-0.39, 0.29) is 0 Å². The number of aromatic nitrogens is 2. The Labute approximate surface area is 311 Å². The normalized spacial score (nSPS) is 12.1. The zero-order chi connectivity index (χ0) is 35.3. The van der Waals surface area contributed by atoms with Crippen molar-refractivity contribution in [3.8, 4) is 22.5 Å². The first kappa shape index (κ1) is 29.4. The molecule has 54 heavy (non-hydrogen) atoms.